The Hall–Kier alpha value is -0.900. The molecule has 0 saturated carbocycles. The molecule has 2 N–H and O–H groups in total. The lowest BCUT2D eigenvalue weighted by Crippen LogP contribution is -2.35. The molecule has 0 aromatic heterocycles. The first-order valence-corrected chi connectivity index (χ1v) is 5.21. The van der Waals surface area contributed by atoms with Crippen LogP contribution in [-0.2, 0) is 9.47 Å². The van der Waals surface area contributed by atoms with Crippen molar-refractivity contribution >= 4 is 0 Å². The van der Waals surface area contributed by atoms with E-state index in [1.54, 1.807) is 0 Å². The average molecular weight is 207 g/mol. The fourth-order valence-electron chi connectivity index (χ4n) is 1.76. The first-order chi connectivity index (χ1) is 7.13. The van der Waals surface area contributed by atoms with Gasteiger partial charge in [-0.05, 0) is 19.4 Å². The van der Waals surface area contributed by atoms with Crippen LogP contribution in [-0.4, -0.2) is 18.9 Å². The average Bonchev–Trinajstić information content (AvgIpc) is 2.62. The first kappa shape index (κ1) is 10.6. The quantitative estimate of drug-likeness (QED) is 0.803. The molecule has 2 rings (SSSR count). The van der Waals surface area contributed by atoms with Gasteiger partial charge in [-0.25, -0.2) is 0 Å². The number of hydrogen-bond donors (Lipinski definition) is 1. The lowest BCUT2D eigenvalue weighted by molar-refractivity contribution is -0.145. The van der Waals surface area contributed by atoms with Gasteiger partial charge < -0.3 is 15.2 Å². The smallest absolute Gasteiger partial charge is 0.178 e. The van der Waals surface area contributed by atoms with Crippen LogP contribution in [0.25, 0.3) is 0 Å². The van der Waals surface area contributed by atoms with Gasteiger partial charge in [0.1, 0.15) is 6.10 Å². The molecule has 1 aliphatic heterocycles. The van der Waals surface area contributed by atoms with Gasteiger partial charge in [0.25, 0.3) is 0 Å². The Balaban J connectivity index is 2.14. The van der Waals surface area contributed by atoms with Gasteiger partial charge >= 0.3 is 0 Å². The summed E-state index contributed by atoms with van der Waals surface area (Å²) < 4.78 is 11.3. The summed E-state index contributed by atoms with van der Waals surface area (Å²) in [5.74, 6) is -0.617. The fraction of sp³-hybridized carbons (Fsp3) is 0.500. The van der Waals surface area contributed by atoms with Crippen molar-refractivity contribution in [2.24, 2.45) is 5.73 Å². The van der Waals surface area contributed by atoms with Gasteiger partial charge in [0, 0.05) is 6.54 Å². The summed E-state index contributed by atoms with van der Waals surface area (Å²) in [5.41, 5.74) is 7.98. The zero-order valence-electron chi connectivity index (χ0n) is 9.19. The van der Waals surface area contributed by atoms with Gasteiger partial charge in [-0.1, -0.05) is 29.8 Å². The Morgan fingerprint density at radius 2 is 2.33 bits per heavy atom. The lowest BCUT2D eigenvalue weighted by Gasteiger charge is -2.20. The Kier molecular flexibility index (Phi) is 2.78. The van der Waals surface area contributed by atoms with Crippen LogP contribution in [0.1, 0.15) is 24.2 Å². The number of aryl methyl sites for hydroxylation is 1. The van der Waals surface area contributed by atoms with Crippen LogP contribution in [0, 0.1) is 6.92 Å². The summed E-state index contributed by atoms with van der Waals surface area (Å²) in [5, 5.41) is 0. The monoisotopic (exact) mass is 207 g/mol. The molecule has 1 aromatic carbocycles. The van der Waals surface area contributed by atoms with Gasteiger partial charge in [0.05, 0.1) is 6.61 Å². The van der Waals surface area contributed by atoms with E-state index < -0.39 is 5.79 Å². The van der Waals surface area contributed by atoms with Crippen LogP contribution in [0.2, 0.25) is 0 Å². The van der Waals surface area contributed by atoms with E-state index >= 15 is 0 Å². The van der Waals surface area contributed by atoms with E-state index in [9.17, 15) is 0 Å². The second-order valence-electron chi connectivity index (χ2n) is 4.17. The third kappa shape index (κ3) is 2.20. The molecule has 1 aromatic rings. The number of nitrogens with two attached hydrogens (primary N) is 1. The molecule has 15 heavy (non-hydrogen) atoms. The van der Waals surface area contributed by atoms with Crippen LogP contribution in [0.3, 0.4) is 0 Å². The molecule has 0 aliphatic carbocycles. The highest BCUT2D eigenvalue weighted by Gasteiger charge is 2.36. The van der Waals surface area contributed by atoms with Crippen LogP contribution in [0.15, 0.2) is 24.3 Å². The van der Waals surface area contributed by atoms with Crippen LogP contribution < -0.4 is 5.73 Å². The van der Waals surface area contributed by atoms with Gasteiger partial charge in [0.15, 0.2) is 5.79 Å². The molecule has 1 fully saturated rings. The molecule has 2 atom stereocenters. The molecule has 1 aliphatic rings. The Bertz CT molecular complexity index is 353. The summed E-state index contributed by atoms with van der Waals surface area (Å²) in [6.07, 6.45) is 0.0125. The number of hydrogen-bond acceptors (Lipinski definition) is 3. The van der Waals surface area contributed by atoms with Crippen molar-refractivity contribution in [2.75, 3.05) is 13.2 Å². The molecule has 1 saturated heterocycles. The van der Waals surface area contributed by atoms with Crippen molar-refractivity contribution in [3.63, 3.8) is 0 Å². The second kappa shape index (κ2) is 3.93. The molecule has 0 spiro atoms. The van der Waals surface area contributed by atoms with Crippen molar-refractivity contribution in [3.05, 3.63) is 35.4 Å². The normalized spacial score (nSPS) is 30.7. The Morgan fingerprint density at radius 1 is 1.53 bits per heavy atom. The zero-order chi connectivity index (χ0) is 10.9. The summed E-state index contributed by atoms with van der Waals surface area (Å²) in [4.78, 5) is 0. The summed E-state index contributed by atoms with van der Waals surface area (Å²) >= 11 is 0. The van der Waals surface area contributed by atoms with Crippen LogP contribution in [0.5, 0.6) is 0 Å². The number of rotatable bonds is 2. The second-order valence-corrected chi connectivity index (χ2v) is 4.17. The van der Waals surface area contributed by atoms with E-state index in [1.807, 2.05) is 13.0 Å². The molecular weight excluding hydrogens is 190 g/mol. The van der Waals surface area contributed by atoms with E-state index in [0.717, 1.165) is 5.56 Å². The minimum atomic E-state index is -0.617. The predicted molar refractivity (Wildman–Crippen MR) is 58.4 cm³/mol. The van der Waals surface area contributed by atoms with E-state index in [2.05, 4.69) is 25.1 Å². The third-order valence-electron chi connectivity index (χ3n) is 2.72. The van der Waals surface area contributed by atoms with Gasteiger partial charge in [-0.15, -0.1) is 0 Å². The number of benzene rings is 1. The topological polar surface area (TPSA) is 44.5 Å². The summed E-state index contributed by atoms with van der Waals surface area (Å²) in [7, 11) is 0. The molecule has 3 heteroatoms. The largest absolute Gasteiger partial charge is 0.346 e. The van der Waals surface area contributed by atoms with Crippen LogP contribution in [0.4, 0.5) is 0 Å². The lowest BCUT2D eigenvalue weighted by atomic mass is 10.1. The number of ether oxygens (including phenoxy) is 2. The minimum Gasteiger partial charge on any atom is -0.346 e. The summed E-state index contributed by atoms with van der Waals surface area (Å²) in [6, 6.07) is 8.28. The van der Waals surface area contributed by atoms with Gasteiger partial charge in [0.2, 0.25) is 0 Å². The maximum atomic E-state index is 5.79. The summed E-state index contributed by atoms with van der Waals surface area (Å²) in [6.45, 7) is 4.91. The fourth-order valence-corrected chi connectivity index (χ4v) is 1.76. The maximum absolute atomic E-state index is 5.79. The van der Waals surface area contributed by atoms with E-state index in [-0.39, 0.29) is 6.10 Å². The highest BCUT2D eigenvalue weighted by atomic mass is 16.7. The molecule has 2 unspecified atom stereocenters. The third-order valence-corrected chi connectivity index (χ3v) is 2.72. The van der Waals surface area contributed by atoms with Gasteiger partial charge in [-0.3, -0.25) is 0 Å². The van der Waals surface area contributed by atoms with E-state index in [1.165, 1.54) is 5.56 Å². The van der Waals surface area contributed by atoms with Gasteiger partial charge in [-0.2, -0.15) is 0 Å². The predicted octanol–water partition coefficient (Wildman–Crippen LogP) is 1.76. The Morgan fingerprint density at radius 3 is 2.93 bits per heavy atom. The standard InChI is InChI=1S/C12H17NO2/c1-9-4-3-5-10(6-9)11-7-14-12(2,8-13)15-11/h3-6,11H,7-8,13H2,1-2H3. The zero-order valence-corrected chi connectivity index (χ0v) is 9.19. The molecule has 3 nitrogen and oxygen atoms in total. The SMILES string of the molecule is Cc1cccc(C2COC(C)(CN)O2)c1. The van der Waals surface area contributed by atoms with Crippen molar-refractivity contribution < 1.29 is 9.47 Å². The highest BCUT2D eigenvalue weighted by molar-refractivity contribution is 5.24. The minimum absolute atomic E-state index is 0.0125. The molecule has 1 heterocycles. The van der Waals surface area contributed by atoms with E-state index in [4.69, 9.17) is 15.2 Å². The van der Waals surface area contributed by atoms with Crippen molar-refractivity contribution in [2.45, 2.75) is 25.7 Å². The molecule has 82 valence electrons. The molecule has 0 amide bonds. The van der Waals surface area contributed by atoms with Crippen molar-refractivity contribution in [1.82, 2.24) is 0 Å². The van der Waals surface area contributed by atoms with Crippen LogP contribution >= 0.6 is 0 Å². The highest BCUT2D eigenvalue weighted by Crippen LogP contribution is 2.32. The van der Waals surface area contributed by atoms with E-state index in [0.29, 0.717) is 13.2 Å². The molecule has 0 radical (unpaired) electrons. The molecular formula is C12H17NO2. The maximum Gasteiger partial charge on any atom is 0.178 e. The van der Waals surface area contributed by atoms with Crippen molar-refractivity contribution in [1.29, 1.82) is 0 Å². The first-order valence-electron chi connectivity index (χ1n) is 5.21. The molecule has 0 bridgehead atoms. The Labute approximate surface area is 90.2 Å². The van der Waals surface area contributed by atoms with Crippen molar-refractivity contribution in [3.8, 4) is 0 Å².